The Balaban J connectivity index is 3.31. The Morgan fingerprint density at radius 2 is 1.84 bits per heavy atom. The van der Waals surface area contributed by atoms with Crippen LogP contribution in [0.4, 0.5) is 0 Å². The summed E-state index contributed by atoms with van der Waals surface area (Å²) in [4.78, 5) is 13.5. The number of rotatable bonds is 13. The molecule has 19 heavy (non-hydrogen) atoms. The van der Waals surface area contributed by atoms with Crippen LogP contribution < -0.4 is 5.32 Å². The maximum atomic E-state index is 11.4. The molecule has 0 heterocycles. The van der Waals surface area contributed by atoms with Crippen LogP contribution in [-0.4, -0.2) is 42.8 Å². The molecule has 0 aliphatic rings. The van der Waals surface area contributed by atoms with Gasteiger partial charge in [0, 0.05) is 13.0 Å². The first-order valence-corrected chi connectivity index (χ1v) is 7.37. The molecule has 0 radical (unpaired) electrons. The van der Waals surface area contributed by atoms with E-state index in [0.717, 1.165) is 32.2 Å². The van der Waals surface area contributed by atoms with Gasteiger partial charge in [-0.1, -0.05) is 31.8 Å². The summed E-state index contributed by atoms with van der Waals surface area (Å²) in [6.45, 7) is 5.55. The minimum Gasteiger partial charge on any atom is -0.396 e. The van der Waals surface area contributed by atoms with E-state index in [4.69, 9.17) is 5.11 Å². The van der Waals surface area contributed by atoms with E-state index in [-0.39, 0.29) is 5.91 Å². The fourth-order valence-corrected chi connectivity index (χ4v) is 1.82. The molecule has 0 bridgehead atoms. The molecule has 0 aromatic carbocycles. The van der Waals surface area contributed by atoms with Crippen molar-refractivity contribution in [3.8, 4) is 0 Å². The molecular weight excluding hydrogens is 240 g/mol. The molecule has 0 aliphatic heterocycles. The second-order valence-corrected chi connectivity index (χ2v) is 5.01. The highest BCUT2D eigenvalue weighted by Crippen LogP contribution is 2.05. The van der Waals surface area contributed by atoms with Crippen molar-refractivity contribution >= 4 is 5.91 Å². The van der Waals surface area contributed by atoms with Crippen LogP contribution in [0.5, 0.6) is 0 Å². The van der Waals surface area contributed by atoms with Crippen molar-refractivity contribution in [2.45, 2.75) is 51.4 Å². The third kappa shape index (κ3) is 13.4. The quantitative estimate of drug-likeness (QED) is 0.307. The summed E-state index contributed by atoms with van der Waals surface area (Å²) >= 11 is 0. The first-order chi connectivity index (χ1) is 9.20. The second-order valence-electron chi connectivity index (χ2n) is 5.01. The number of amides is 1. The lowest BCUT2D eigenvalue weighted by atomic mass is 10.1. The fourth-order valence-electron chi connectivity index (χ4n) is 1.82. The monoisotopic (exact) mass is 270 g/mol. The van der Waals surface area contributed by atoms with Gasteiger partial charge in [-0.15, -0.1) is 6.58 Å². The number of unbranched alkanes of at least 4 members (excludes halogenated alkanes) is 5. The van der Waals surface area contributed by atoms with Crippen molar-refractivity contribution in [2.75, 3.05) is 26.9 Å². The molecule has 0 atom stereocenters. The summed E-state index contributed by atoms with van der Waals surface area (Å²) in [6, 6.07) is 0. The van der Waals surface area contributed by atoms with E-state index in [9.17, 15) is 4.79 Å². The third-order valence-corrected chi connectivity index (χ3v) is 3.07. The number of nitrogens with zero attached hydrogens (tertiary/aromatic N) is 1. The molecule has 0 aromatic heterocycles. The molecule has 0 aromatic rings. The smallest absolute Gasteiger partial charge is 0.221 e. The van der Waals surface area contributed by atoms with Gasteiger partial charge in [0.25, 0.3) is 0 Å². The number of carbonyl (C=O) groups excluding carboxylic acids is 1. The van der Waals surface area contributed by atoms with Gasteiger partial charge < -0.3 is 10.4 Å². The zero-order chi connectivity index (χ0) is 14.3. The predicted octanol–water partition coefficient (Wildman–Crippen LogP) is 2.29. The molecule has 0 rings (SSSR count). The highest BCUT2D eigenvalue weighted by molar-refractivity contribution is 5.75. The SMILES string of the molecule is C=CCCC(=O)NCN(C)CCCCCCCCO. The third-order valence-electron chi connectivity index (χ3n) is 3.07. The van der Waals surface area contributed by atoms with Gasteiger partial charge in [-0.25, -0.2) is 0 Å². The molecule has 0 aliphatic carbocycles. The minimum absolute atomic E-state index is 0.0933. The molecule has 0 fully saturated rings. The van der Waals surface area contributed by atoms with Crippen LogP contribution in [0.25, 0.3) is 0 Å². The number of hydrogen-bond donors (Lipinski definition) is 2. The Labute approximate surface area is 117 Å². The highest BCUT2D eigenvalue weighted by Gasteiger charge is 2.02. The molecule has 0 saturated carbocycles. The van der Waals surface area contributed by atoms with Crippen molar-refractivity contribution in [3.63, 3.8) is 0 Å². The second kappa shape index (κ2) is 13.6. The topological polar surface area (TPSA) is 52.6 Å². The standard InChI is InChI=1S/C15H30N2O2/c1-3-4-11-15(19)16-14-17(2)12-9-7-5-6-8-10-13-18/h3,18H,1,4-14H2,2H3,(H,16,19). The van der Waals surface area contributed by atoms with E-state index in [2.05, 4.69) is 16.8 Å². The summed E-state index contributed by atoms with van der Waals surface area (Å²) in [5.41, 5.74) is 0. The Morgan fingerprint density at radius 1 is 1.21 bits per heavy atom. The first kappa shape index (κ1) is 18.1. The number of hydrogen-bond acceptors (Lipinski definition) is 3. The lowest BCUT2D eigenvalue weighted by Gasteiger charge is -2.17. The van der Waals surface area contributed by atoms with Crippen LogP contribution in [-0.2, 0) is 4.79 Å². The summed E-state index contributed by atoms with van der Waals surface area (Å²) in [7, 11) is 2.03. The van der Waals surface area contributed by atoms with Crippen molar-refractivity contribution in [1.29, 1.82) is 0 Å². The van der Waals surface area contributed by atoms with Crippen molar-refractivity contribution < 1.29 is 9.90 Å². The van der Waals surface area contributed by atoms with E-state index in [1.165, 1.54) is 19.3 Å². The number of aliphatic hydroxyl groups is 1. The molecule has 2 N–H and O–H groups in total. The van der Waals surface area contributed by atoms with Gasteiger partial charge in [-0.05, 0) is 32.9 Å². The molecule has 4 nitrogen and oxygen atoms in total. The van der Waals surface area contributed by atoms with Crippen LogP contribution in [0.3, 0.4) is 0 Å². The van der Waals surface area contributed by atoms with Crippen molar-refractivity contribution in [1.82, 2.24) is 10.2 Å². The lowest BCUT2D eigenvalue weighted by molar-refractivity contribution is -0.121. The number of carbonyl (C=O) groups is 1. The van der Waals surface area contributed by atoms with Crippen molar-refractivity contribution in [2.24, 2.45) is 0 Å². The predicted molar refractivity (Wildman–Crippen MR) is 79.9 cm³/mol. The summed E-state index contributed by atoms with van der Waals surface area (Å²) in [5, 5.41) is 11.6. The minimum atomic E-state index is 0.0933. The number of allylic oxidation sites excluding steroid dienone is 1. The largest absolute Gasteiger partial charge is 0.396 e. The zero-order valence-corrected chi connectivity index (χ0v) is 12.4. The van der Waals surface area contributed by atoms with E-state index in [1.54, 1.807) is 6.08 Å². The van der Waals surface area contributed by atoms with Crippen LogP contribution in [0.1, 0.15) is 51.4 Å². The van der Waals surface area contributed by atoms with Gasteiger partial charge in [0.15, 0.2) is 0 Å². The van der Waals surface area contributed by atoms with Crippen LogP contribution >= 0.6 is 0 Å². The van der Waals surface area contributed by atoms with Crippen LogP contribution in [0.2, 0.25) is 0 Å². The Bertz CT molecular complexity index is 232. The van der Waals surface area contributed by atoms with Gasteiger partial charge in [0.05, 0.1) is 6.67 Å². The maximum absolute atomic E-state index is 11.4. The van der Waals surface area contributed by atoms with Gasteiger partial charge in [0.2, 0.25) is 5.91 Å². The van der Waals surface area contributed by atoms with E-state index < -0.39 is 0 Å². The molecule has 112 valence electrons. The highest BCUT2D eigenvalue weighted by atomic mass is 16.2. The van der Waals surface area contributed by atoms with Crippen molar-refractivity contribution in [3.05, 3.63) is 12.7 Å². The molecule has 0 unspecified atom stereocenters. The van der Waals surface area contributed by atoms with Gasteiger partial charge in [0.1, 0.15) is 0 Å². The molecule has 4 heteroatoms. The van der Waals surface area contributed by atoms with Gasteiger partial charge in [-0.3, -0.25) is 9.69 Å². The summed E-state index contributed by atoms with van der Waals surface area (Å²) in [5.74, 6) is 0.0933. The average molecular weight is 270 g/mol. The van der Waals surface area contributed by atoms with Gasteiger partial charge in [-0.2, -0.15) is 0 Å². The van der Waals surface area contributed by atoms with E-state index >= 15 is 0 Å². The molecule has 0 saturated heterocycles. The summed E-state index contributed by atoms with van der Waals surface area (Å²) < 4.78 is 0. The fraction of sp³-hybridized carbons (Fsp3) is 0.800. The summed E-state index contributed by atoms with van der Waals surface area (Å²) in [6.07, 6.45) is 9.93. The average Bonchev–Trinajstić information content (AvgIpc) is 2.41. The maximum Gasteiger partial charge on any atom is 0.221 e. The lowest BCUT2D eigenvalue weighted by Crippen LogP contribution is -2.35. The van der Waals surface area contributed by atoms with Gasteiger partial charge >= 0.3 is 0 Å². The van der Waals surface area contributed by atoms with Crippen LogP contribution in [0.15, 0.2) is 12.7 Å². The molecular formula is C15H30N2O2. The Hall–Kier alpha value is -0.870. The molecule has 0 spiro atoms. The number of aliphatic hydroxyl groups excluding tert-OH is 1. The van der Waals surface area contributed by atoms with E-state index in [0.29, 0.717) is 19.7 Å². The first-order valence-electron chi connectivity index (χ1n) is 7.37. The Kier molecular flexibility index (Phi) is 12.9. The zero-order valence-electron chi connectivity index (χ0n) is 12.4. The Morgan fingerprint density at radius 3 is 2.47 bits per heavy atom. The van der Waals surface area contributed by atoms with Crippen LogP contribution in [0, 0.1) is 0 Å². The number of nitrogens with one attached hydrogen (secondary N) is 1. The van der Waals surface area contributed by atoms with E-state index in [1.807, 2.05) is 7.05 Å². The normalized spacial score (nSPS) is 10.7. The molecule has 1 amide bonds.